The molecular formula is C15H15Cl2N3. The van der Waals surface area contributed by atoms with Crippen molar-refractivity contribution >= 4 is 34.7 Å². The van der Waals surface area contributed by atoms with Gasteiger partial charge in [-0.3, -0.25) is 0 Å². The van der Waals surface area contributed by atoms with Crippen LogP contribution in [0.5, 0.6) is 0 Å². The lowest BCUT2D eigenvalue weighted by molar-refractivity contribution is 0.780. The Hall–Kier alpha value is -1.45. The second-order valence-electron chi connectivity index (χ2n) is 4.96. The number of nitrogens with zero attached hydrogens (tertiary/aromatic N) is 2. The van der Waals surface area contributed by atoms with Crippen LogP contribution in [0.2, 0.25) is 10.0 Å². The van der Waals surface area contributed by atoms with Crippen LogP contribution < -0.4 is 10.2 Å². The van der Waals surface area contributed by atoms with Crippen molar-refractivity contribution in [2.45, 2.75) is 13.5 Å². The number of hydrogen-bond acceptors (Lipinski definition) is 3. The highest BCUT2D eigenvalue weighted by atomic mass is 35.5. The molecule has 0 bridgehead atoms. The second-order valence-corrected chi connectivity index (χ2v) is 5.81. The lowest BCUT2D eigenvalue weighted by Crippen LogP contribution is -2.34. The first-order chi connectivity index (χ1) is 9.63. The van der Waals surface area contributed by atoms with E-state index in [1.54, 1.807) is 0 Å². The third-order valence-electron chi connectivity index (χ3n) is 3.39. The summed E-state index contributed by atoms with van der Waals surface area (Å²) in [6.07, 6.45) is 1.88. The Kier molecular flexibility index (Phi) is 3.72. The molecule has 0 unspecified atom stereocenters. The van der Waals surface area contributed by atoms with Crippen LogP contribution >= 0.6 is 23.2 Å². The summed E-state index contributed by atoms with van der Waals surface area (Å²) < 4.78 is 0. The van der Waals surface area contributed by atoms with E-state index in [-0.39, 0.29) is 0 Å². The summed E-state index contributed by atoms with van der Waals surface area (Å²) in [6.45, 7) is 4.58. The van der Waals surface area contributed by atoms with Crippen LogP contribution in [0.15, 0.2) is 30.5 Å². The van der Waals surface area contributed by atoms with Crippen LogP contribution in [0, 0.1) is 6.92 Å². The minimum Gasteiger partial charge on any atom is -0.367 e. The zero-order valence-corrected chi connectivity index (χ0v) is 12.7. The molecule has 3 rings (SSSR count). The quantitative estimate of drug-likeness (QED) is 0.904. The van der Waals surface area contributed by atoms with Gasteiger partial charge in [0.25, 0.3) is 0 Å². The van der Waals surface area contributed by atoms with Crippen molar-refractivity contribution in [3.8, 4) is 0 Å². The van der Waals surface area contributed by atoms with Gasteiger partial charge in [-0.2, -0.15) is 0 Å². The summed E-state index contributed by atoms with van der Waals surface area (Å²) in [5.74, 6) is 0.931. The Labute approximate surface area is 128 Å². The molecule has 3 nitrogen and oxygen atoms in total. The topological polar surface area (TPSA) is 28.2 Å². The third kappa shape index (κ3) is 2.69. The Morgan fingerprint density at radius 1 is 1.30 bits per heavy atom. The van der Waals surface area contributed by atoms with E-state index < -0.39 is 0 Å². The van der Waals surface area contributed by atoms with Crippen molar-refractivity contribution in [3.63, 3.8) is 0 Å². The van der Waals surface area contributed by atoms with Gasteiger partial charge < -0.3 is 10.2 Å². The molecule has 0 aliphatic carbocycles. The summed E-state index contributed by atoms with van der Waals surface area (Å²) in [5, 5.41) is 4.78. The van der Waals surface area contributed by atoms with Crippen molar-refractivity contribution in [1.82, 2.24) is 4.98 Å². The van der Waals surface area contributed by atoms with E-state index in [9.17, 15) is 0 Å². The third-order valence-corrected chi connectivity index (χ3v) is 3.99. The molecular weight excluding hydrogens is 293 g/mol. The number of nitrogens with one attached hydrogen (secondary N) is 1. The van der Waals surface area contributed by atoms with Gasteiger partial charge in [-0.05, 0) is 42.3 Å². The van der Waals surface area contributed by atoms with Gasteiger partial charge in [0.15, 0.2) is 0 Å². The van der Waals surface area contributed by atoms with Gasteiger partial charge in [-0.25, -0.2) is 4.98 Å². The SMILES string of the molecule is Cc1cnc2c(c1)N(Cc1cc(Cl)ccc1Cl)CCN2. The maximum atomic E-state index is 6.26. The molecule has 0 fully saturated rings. The number of hydrogen-bond donors (Lipinski definition) is 1. The van der Waals surface area contributed by atoms with Gasteiger partial charge in [-0.1, -0.05) is 23.2 Å². The first-order valence-electron chi connectivity index (χ1n) is 6.53. The van der Waals surface area contributed by atoms with E-state index in [4.69, 9.17) is 23.2 Å². The number of halogens is 2. The van der Waals surface area contributed by atoms with Crippen molar-refractivity contribution in [2.75, 3.05) is 23.3 Å². The fourth-order valence-electron chi connectivity index (χ4n) is 2.40. The molecule has 2 heterocycles. The molecule has 1 aliphatic heterocycles. The minimum atomic E-state index is 0.710. The molecule has 1 aromatic carbocycles. The van der Waals surface area contributed by atoms with Crippen LogP contribution in [0.3, 0.4) is 0 Å². The molecule has 0 radical (unpaired) electrons. The molecule has 2 aromatic rings. The normalized spacial score (nSPS) is 13.8. The molecule has 1 aliphatic rings. The van der Waals surface area contributed by atoms with E-state index in [2.05, 4.69) is 21.3 Å². The van der Waals surface area contributed by atoms with Crippen LogP contribution in [0.25, 0.3) is 0 Å². The second kappa shape index (κ2) is 5.51. The van der Waals surface area contributed by atoms with E-state index >= 15 is 0 Å². The molecule has 104 valence electrons. The zero-order valence-electron chi connectivity index (χ0n) is 11.2. The number of aromatic nitrogens is 1. The van der Waals surface area contributed by atoms with Crippen molar-refractivity contribution in [3.05, 3.63) is 51.6 Å². The van der Waals surface area contributed by atoms with Gasteiger partial charge in [0.2, 0.25) is 0 Å². The van der Waals surface area contributed by atoms with Gasteiger partial charge >= 0.3 is 0 Å². The van der Waals surface area contributed by atoms with Crippen LogP contribution in [0.4, 0.5) is 11.5 Å². The monoisotopic (exact) mass is 307 g/mol. The number of rotatable bonds is 2. The van der Waals surface area contributed by atoms with Crippen LogP contribution in [0.1, 0.15) is 11.1 Å². The van der Waals surface area contributed by atoms with Crippen LogP contribution in [-0.2, 0) is 6.54 Å². The first-order valence-corrected chi connectivity index (χ1v) is 7.28. The van der Waals surface area contributed by atoms with E-state index in [1.807, 2.05) is 31.3 Å². The van der Waals surface area contributed by atoms with Gasteiger partial charge in [0, 0.05) is 35.9 Å². The highest BCUT2D eigenvalue weighted by Gasteiger charge is 2.18. The number of anilines is 2. The number of pyridine rings is 1. The maximum Gasteiger partial charge on any atom is 0.149 e. The highest BCUT2D eigenvalue weighted by Crippen LogP contribution is 2.30. The number of benzene rings is 1. The zero-order chi connectivity index (χ0) is 14.1. The number of aryl methyl sites for hydroxylation is 1. The van der Waals surface area contributed by atoms with Gasteiger partial charge in [0.1, 0.15) is 5.82 Å². The average molecular weight is 308 g/mol. The molecule has 1 aromatic heterocycles. The van der Waals surface area contributed by atoms with Gasteiger partial charge in [0.05, 0.1) is 5.69 Å². The van der Waals surface area contributed by atoms with Crippen molar-refractivity contribution in [2.24, 2.45) is 0 Å². The minimum absolute atomic E-state index is 0.710. The molecule has 1 N–H and O–H groups in total. The Bertz CT molecular complexity index is 643. The molecule has 0 saturated heterocycles. The number of fused-ring (bicyclic) bond motifs is 1. The largest absolute Gasteiger partial charge is 0.367 e. The molecule has 20 heavy (non-hydrogen) atoms. The van der Waals surface area contributed by atoms with Crippen LogP contribution in [-0.4, -0.2) is 18.1 Å². The lowest BCUT2D eigenvalue weighted by atomic mass is 10.1. The van der Waals surface area contributed by atoms with Crippen molar-refractivity contribution in [1.29, 1.82) is 0 Å². The Morgan fingerprint density at radius 3 is 3.00 bits per heavy atom. The van der Waals surface area contributed by atoms with E-state index in [0.29, 0.717) is 5.02 Å². The van der Waals surface area contributed by atoms with E-state index in [0.717, 1.165) is 47.3 Å². The summed E-state index contributed by atoms with van der Waals surface area (Å²) in [7, 11) is 0. The molecule has 5 heteroatoms. The van der Waals surface area contributed by atoms with E-state index in [1.165, 1.54) is 0 Å². The Balaban J connectivity index is 1.93. The standard InChI is InChI=1S/C15H15Cl2N3/c1-10-6-14-15(19-8-10)18-4-5-20(14)9-11-7-12(16)2-3-13(11)17/h2-3,6-8H,4-5,9H2,1H3,(H,18,19). The lowest BCUT2D eigenvalue weighted by Gasteiger charge is -2.31. The summed E-state index contributed by atoms with van der Waals surface area (Å²) in [5.41, 5.74) is 3.30. The molecule has 0 atom stereocenters. The molecule has 0 spiro atoms. The fourth-order valence-corrected chi connectivity index (χ4v) is 2.77. The molecule has 0 saturated carbocycles. The Morgan fingerprint density at radius 2 is 2.15 bits per heavy atom. The summed E-state index contributed by atoms with van der Waals surface area (Å²) in [4.78, 5) is 6.72. The first kappa shape index (κ1) is 13.5. The summed E-state index contributed by atoms with van der Waals surface area (Å²) >= 11 is 12.3. The average Bonchev–Trinajstić information content (AvgIpc) is 2.43. The van der Waals surface area contributed by atoms with Crippen molar-refractivity contribution < 1.29 is 0 Å². The highest BCUT2D eigenvalue weighted by molar-refractivity contribution is 6.33. The molecule has 0 amide bonds. The predicted molar refractivity (Wildman–Crippen MR) is 85.0 cm³/mol. The predicted octanol–water partition coefficient (Wildman–Crippen LogP) is 4.13. The summed E-state index contributed by atoms with van der Waals surface area (Å²) in [6, 6.07) is 7.73. The smallest absolute Gasteiger partial charge is 0.149 e. The fraction of sp³-hybridized carbons (Fsp3) is 0.267. The van der Waals surface area contributed by atoms with Gasteiger partial charge in [-0.15, -0.1) is 0 Å². The maximum absolute atomic E-state index is 6.26.